The van der Waals surface area contributed by atoms with Crippen LogP contribution in [0.25, 0.3) is 27.7 Å². The summed E-state index contributed by atoms with van der Waals surface area (Å²) in [6, 6.07) is 7.04. The molecule has 6 rings (SSSR count). The van der Waals surface area contributed by atoms with Crippen molar-refractivity contribution in [2.24, 2.45) is 0 Å². The third kappa shape index (κ3) is 4.24. The molecule has 2 aromatic heterocycles. The predicted octanol–water partition coefficient (Wildman–Crippen LogP) is 5.41. The van der Waals surface area contributed by atoms with Crippen molar-refractivity contribution in [3.05, 3.63) is 87.6 Å². The Balaban J connectivity index is 1.74. The summed E-state index contributed by atoms with van der Waals surface area (Å²) in [7, 11) is 0. The molecule has 0 saturated carbocycles. The van der Waals surface area contributed by atoms with Gasteiger partial charge in [0.25, 0.3) is 0 Å². The number of fused-ring (bicyclic) bond motifs is 2. The number of carbonyl (C=O) groups excluding carboxylic acids is 1. The topological polar surface area (TPSA) is 80.6 Å². The summed E-state index contributed by atoms with van der Waals surface area (Å²) in [6.07, 6.45) is 2.88. The number of amides is 1. The summed E-state index contributed by atoms with van der Waals surface area (Å²) >= 11 is 6.87. The van der Waals surface area contributed by atoms with E-state index in [-0.39, 0.29) is 63.6 Å². The van der Waals surface area contributed by atoms with Crippen LogP contribution in [0.1, 0.15) is 31.0 Å². The van der Waals surface area contributed by atoms with Crippen molar-refractivity contribution in [2.45, 2.75) is 32.7 Å². The van der Waals surface area contributed by atoms with Crippen molar-refractivity contribution >= 4 is 34.2 Å². The van der Waals surface area contributed by atoms with Crippen LogP contribution in [0, 0.1) is 18.6 Å². The van der Waals surface area contributed by atoms with E-state index in [0.717, 1.165) is 0 Å². The highest BCUT2D eigenvalue weighted by Gasteiger charge is 2.38. The van der Waals surface area contributed by atoms with Crippen molar-refractivity contribution < 1.29 is 18.3 Å². The van der Waals surface area contributed by atoms with Gasteiger partial charge in [-0.15, -0.1) is 0 Å². The Morgan fingerprint density at radius 1 is 1.21 bits per heavy atom. The van der Waals surface area contributed by atoms with Gasteiger partial charge in [-0.05, 0) is 36.6 Å². The molecule has 4 heterocycles. The number of ether oxygens (including phenoxy) is 1. The molecule has 0 spiro atoms. The second kappa shape index (κ2) is 10.5. The van der Waals surface area contributed by atoms with E-state index in [9.17, 15) is 9.59 Å². The SMILES string of the molecule is C=CC(=O)N1CCN2c3nc(=O)n(-c4c(C)ccnc4C(C)C)c4c(F)c(-c5ccccc5F)c(Cl)c(c34)OCC2C1. The average Bonchev–Trinajstić information content (AvgIpc) is 3.13. The first-order valence-corrected chi connectivity index (χ1v) is 14.0. The van der Waals surface area contributed by atoms with Crippen LogP contribution in [0.5, 0.6) is 5.75 Å². The third-order valence-corrected chi connectivity index (χ3v) is 8.24. The third-order valence-electron chi connectivity index (χ3n) is 7.88. The van der Waals surface area contributed by atoms with Gasteiger partial charge >= 0.3 is 5.69 Å². The molecule has 8 nitrogen and oxygen atoms in total. The molecule has 2 aliphatic heterocycles. The molecule has 2 aromatic carbocycles. The number of nitrogens with zero attached hydrogens (tertiary/aromatic N) is 5. The number of rotatable bonds is 4. The molecule has 1 saturated heterocycles. The van der Waals surface area contributed by atoms with Gasteiger partial charge in [-0.3, -0.25) is 14.3 Å². The summed E-state index contributed by atoms with van der Waals surface area (Å²) in [6.45, 7) is 10.2. The van der Waals surface area contributed by atoms with Gasteiger partial charge in [-0.2, -0.15) is 4.98 Å². The molecular formula is C31H28ClF2N5O3. The number of carbonyl (C=O) groups is 1. The first-order valence-electron chi connectivity index (χ1n) is 13.6. The highest BCUT2D eigenvalue weighted by Crippen LogP contribution is 2.49. The van der Waals surface area contributed by atoms with Crippen LogP contribution in [0.3, 0.4) is 0 Å². The molecule has 0 N–H and O–H groups in total. The minimum atomic E-state index is -0.884. The van der Waals surface area contributed by atoms with E-state index in [1.165, 1.54) is 28.8 Å². The van der Waals surface area contributed by atoms with Crippen LogP contribution in [-0.4, -0.2) is 57.6 Å². The van der Waals surface area contributed by atoms with Gasteiger partial charge in [0.2, 0.25) is 5.91 Å². The smallest absolute Gasteiger partial charge is 0.354 e. The lowest BCUT2D eigenvalue weighted by Crippen LogP contribution is -2.56. The zero-order valence-corrected chi connectivity index (χ0v) is 24.1. The number of hydrogen-bond donors (Lipinski definition) is 0. The zero-order chi connectivity index (χ0) is 29.9. The summed E-state index contributed by atoms with van der Waals surface area (Å²) < 4.78 is 39.7. The predicted molar refractivity (Wildman–Crippen MR) is 158 cm³/mol. The number of anilines is 1. The molecule has 1 unspecified atom stereocenters. The first-order chi connectivity index (χ1) is 20.1. The van der Waals surface area contributed by atoms with Gasteiger partial charge in [0.1, 0.15) is 23.8 Å². The molecule has 0 aliphatic carbocycles. The fraction of sp³-hybridized carbons (Fsp3) is 0.290. The molecule has 4 aromatic rings. The van der Waals surface area contributed by atoms with Gasteiger partial charge in [0.05, 0.1) is 27.8 Å². The fourth-order valence-corrected chi connectivity index (χ4v) is 6.22. The number of aryl methyl sites for hydroxylation is 1. The van der Waals surface area contributed by atoms with Crippen LogP contribution in [0.4, 0.5) is 14.6 Å². The van der Waals surface area contributed by atoms with Gasteiger partial charge in [-0.25, -0.2) is 13.6 Å². The van der Waals surface area contributed by atoms with Gasteiger partial charge in [0, 0.05) is 37.0 Å². The van der Waals surface area contributed by atoms with Crippen LogP contribution < -0.4 is 15.3 Å². The Kier molecular flexibility index (Phi) is 6.97. The van der Waals surface area contributed by atoms with E-state index in [1.54, 1.807) is 23.2 Å². The molecule has 0 bridgehead atoms. The number of aromatic nitrogens is 3. The van der Waals surface area contributed by atoms with Crippen molar-refractivity contribution in [1.82, 2.24) is 19.4 Å². The lowest BCUT2D eigenvalue weighted by Gasteiger charge is -2.40. The first kappa shape index (κ1) is 27.8. The van der Waals surface area contributed by atoms with E-state index in [4.69, 9.17) is 16.3 Å². The van der Waals surface area contributed by atoms with Crippen molar-refractivity contribution in [3.8, 4) is 22.6 Å². The van der Waals surface area contributed by atoms with Gasteiger partial charge in [-0.1, -0.05) is 50.2 Å². The van der Waals surface area contributed by atoms with Crippen LogP contribution in [-0.2, 0) is 4.79 Å². The quantitative estimate of drug-likeness (QED) is 0.295. The normalized spacial score (nSPS) is 16.3. The number of halogens is 3. The molecule has 1 amide bonds. The molecule has 1 atom stereocenters. The molecule has 216 valence electrons. The lowest BCUT2D eigenvalue weighted by atomic mass is 9.99. The minimum absolute atomic E-state index is 0.0613. The van der Waals surface area contributed by atoms with Gasteiger partial charge < -0.3 is 14.5 Å². The minimum Gasteiger partial charge on any atom is -0.489 e. The van der Waals surface area contributed by atoms with E-state index >= 15 is 8.78 Å². The molecular weight excluding hydrogens is 564 g/mol. The van der Waals surface area contributed by atoms with Crippen LogP contribution in [0.15, 0.2) is 54.0 Å². The largest absolute Gasteiger partial charge is 0.489 e. The Hall–Kier alpha value is -4.31. The summed E-state index contributed by atoms with van der Waals surface area (Å²) in [5.41, 5.74) is 0.486. The van der Waals surface area contributed by atoms with Gasteiger partial charge in [0.15, 0.2) is 11.6 Å². The Labute approximate surface area is 245 Å². The maximum absolute atomic E-state index is 17.1. The van der Waals surface area contributed by atoms with Crippen molar-refractivity contribution in [2.75, 3.05) is 31.1 Å². The van der Waals surface area contributed by atoms with E-state index in [2.05, 4.69) is 16.5 Å². The number of pyridine rings is 1. The summed E-state index contributed by atoms with van der Waals surface area (Å²) in [5, 5.41) is 0.0605. The highest BCUT2D eigenvalue weighted by molar-refractivity contribution is 6.36. The van der Waals surface area contributed by atoms with E-state index in [1.807, 2.05) is 25.7 Å². The second-order valence-electron chi connectivity index (χ2n) is 10.8. The fourth-order valence-electron chi connectivity index (χ4n) is 5.89. The monoisotopic (exact) mass is 591 g/mol. The molecule has 11 heteroatoms. The Morgan fingerprint density at radius 3 is 2.69 bits per heavy atom. The average molecular weight is 592 g/mol. The molecule has 2 aliphatic rings. The molecule has 0 radical (unpaired) electrons. The Morgan fingerprint density at radius 2 is 1.98 bits per heavy atom. The maximum Gasteiger partial charge on any atom is 0.354 e. The van der Waals surface area contributed by atoms with E-state index in [0.29, 0.717) is 30.0 Å². The van der Waals surface area contributed by atoms with Crippen molar-refractivity contribution in [3.63, 3.8) is 0 Å². The Bertz CT molecular complexity index is 1840. The lowest BCUT2D eigenvalue weighted by molar-refractivity contribution is -0.126. The van der Waals surface area contributed by atoms with E-state index < -0.39 is 23.4 Å². The van der Waals surface area contributed by atoms with Crippen LogP contribution in [0.2, 0.25) is 5.02 Å². The maximum atomic E-state index is 17.1. The standard InChI is InChI=1S/C31H28ClF2N5O3/c1-5-21(40)37-12-13-38-18(14-37)15-42-29-23-28(25(34)22(24(29)32)19-8-6-7-9-20(19)33)39(31(41)36-30(23)38)27-17(4)10-11-35-26(27)16(2)3/h5-11,16,18H,1,12-15H2,2-4H3. The number of benzene rings is 2. The number of hydrogen-bond acceptors (Lipinski definition) is 6. The summed E-state index contributed by atoms with van der Waals surface area (Å²) in [5.74, 6) is -1.63. The summed E-state index contributed by atoms with van der Waals surface area (Å²) in [4.78, 5) is 38.9. The number of piperazine rings is 1. The molecule has 1 fully saturated rings. The molecule has 42 heavy (non-hydrogen) atoms. The van der Waals surface area contributed by atoms with Crippen LogP contribution >= 0.6 is 11.6 Å². The highest BCUT2D eigenvalue weighted by atomic mass is 35.5. The second-order valence-corrected chi connectivity index (χ2v) is 11.1. The van der Waals surface area contributed by atoms with Crippen molar-refractivity contribution in [1.29, 1.82) is 0 Å². The zero-order valence-electron chi connectivity index (χ0n) is 23.3.